The van der Waals surface area contributed by atoms with Gasteiger partial charge in [-0.1, -0.05) is 30.8 Å². The lowest BCUT2D eigenvalue weighted by Crippen LogP contribution is -2.16. The van der Waals surface area contributed by atoms with E-state index in [1.54, 1.807) is 6.92 Å². The highest BCUT2D eigenvalue weighted by Crippen LogP contribution is 2.44. The van der Waals surface area contributed by atoms with Crippen LogP contribution in [0.4, 0.5) is 0 Å². The average Bonchev–Trinajstić information content (AvgIpc) is 3.68. The van der Waals surface area contributed by atoms with Crippen LogP contribution in [0.1, 0.15) is 30.9 Å². The molecular formula is C27H34O7. The summed E-state index contributed by atoms with van der Waals surface area (Å²) in [7, 11) is 0. The van der Waals surface area contributed by atoms with Gasteiger partial charge in [0.25, 0.3) is 0 Å². The Morgan fingerprint density at radius 2 is 1.47 bits per heavy atom. The molecule has 7 heteroatoms. The Kier molecular flexibility index (Phi) is 8.79. The van der Waals surface area contributed by atoms with Gasteiger partial charge in [0.1, 0.15) is 37.4 Å². The standard InChI is InChI=1S/C27H34O7/c1-19(2)27(28)32-16-14-30-12-11-29-13-15-31-25-21-7-3-5-9-23(21)26(34-18-20-17-33-20)24-10-6-4-8-22(24)25/h3,5,7,9,20H,1,4,6,8,10-18H2,2H3. The fourth-order valence-electron chi connectivity index (χ4n) is 4.12. The van der Waals surface area contributed by atoms with Crippen molar-refractivity contribution in [1.29, 1.82) is 0 Å². The quantitative estimate of drug-likeness (QED) is 0.179. The van der Waals surface area contributed by atoms with Crippen LogP contribution >= 0.6 is 0 Å². The largest absolute Gasteiger partial charge is 0.490 e. The maximum absolute atomic E-state index is 11.3. The molecule has 4 rings (SSSR count). The van der Waals surface area contributed by atoms with E-state index in [2.05, 4.69) is 18.7 Å². The highest BCUT2D eigenvalue weighted by atomic mass is 16.6. The third-order valence-corrected chi connectivity index (χ3v) is 5.90. The summed E-state index contributed by atoms with van der Waals surface area (Å²) in [5.74, 6) is 1.55. The Morgan fingerprint density at radius 1 is 0.912 bits per heavy atom. The zero-order valence-corrected chi connectivity index (χ0v) is 19.9. The number of hydrogen-bond donors (Lipinski definition) is 0. The second kappa shape index (κ2) is 12.2. The summed E-state index contributed by atoms with van der Waals surface area (Å²) in [5, 5.41) is 2.18. The van der Waals surface area contributed by atoms with E-state index >= 15 is 0 Å². The van der Waals surface area contributed by atoms with E-state index in [4.69, 9.17) is 28.4 Å². The minimum atomic E-state index is -0.400. The number of hydrogen-bond acceptors (Lipinski definition) is 7. The predicted octanol–water partition coefficient (Wildman–Crippen LogP) is 4.03. The monoisotopic (exact) mass is 470 g/mol. The first kappa shape index (κ1) is 24.5. The van der Waals surface area contributed by atoms with Crippen LogP contribution in [-0.4, -0.2) is 64.9 Å². The number of rotatable bonds is 14. The Balaban J connectivity index is 1.28. The van der Waals surface area contributed by atoms with E-state index in [-0.39, 0.29) is 12.7 Å². The van der Waals surface area contributed by atoms with Crippen LogP contribution in [0, 0.1) is 0 Å². The van der Waals surface area contributed by atoms with Crippen molar-refractivity contribution in [3.8, 4) is 11.5 Å². The van der Waals surface area contributed by atoms with Gasteiger partial charge in [-0.25, -0.2) is 4.79 Å². The molecule has 1 unspecified atom stereocenters. The first-order chi connectivity index (χ1) is 16.6. The Hall–Kier alpha value is -2.61. The Morgan fingerprint density at radius 3 is 2.06 bits per heavy atom. The van der Waals surface area contributed by atoms with Gasteiger partial charge in [0.05, 0.1) is 33.0 Å². The zero-order chi connectivity index (χ0) is 23.8. The van der Waals surface area contributed by atoms with Crippen LogP contribution in [0.2, 0.25) is 0 Å². The lowest BCUT2D eigenvalue weighted by atomic mass is 9.87. The summed E-state index contributed by atoms with van der Waals surface area (Å²) in [5.41, 5.74) is 2.93. The summed E-state index contributed by atoms with van der Waals surface area (Å²) in [4.78, 5) is 11.3. The molecule has 0 radical (unpaired) electrons. The van der Waals surface area contributed by atoms with E-state index in [1.807, 2.05) is 12.1 Å². The fraction of sp³-hybridized carbons (Fsp3) is 0.519. The van der Waals surface area contributed by atoms with Crippen molar-refractivity contribution < 1.29 is 33.2 Å². The molecule has 0 spiro atoms. The maximum Gasteiger partial charge on any atom is 0.333 e. The number of esters is 1. The van der Waals surface area contributed by atoms with Crippen LogP contribution in [0.25, 0.3) is 10.8 Å². The van der Waals surface area contributed by atoms with Crippen molar-refractivity contribution in [2.45, 2.75) is 38.7 Å². The first-order valence-corrected chi connectivity index (χ1v) is 12.1. The third kappa shape index (κ3) is 6.50. The van der Waals surface area contributed by atoms with Gasteiger partial charge in [0.2, 0.25) is 0 Å². The fourth-order valence-corrected chi connectivity index (χ4v) is 4.12. The van der Waals surface area contributed by atoms with E-state index in [1.165, 1.54) is 11.1 Å². The number of epoxide rings is 1. The molecule has 2 aliphatic rings. The first-order valence-electron chi connectivity index (χ1n) is 12.1. The normalized spacial score (nSPS) is 16.7. The SMILES string of the molecule is C=C(C)C(=O)OCCOCCOCCOc1c2c(c(OCC3CO3)c3ccccc13)CCCC2. The molecule has 0 saturated carbocycles. The number of carbonyl (C=O) groups excluding carboxylic acids is 1. The molecule has 1 fully saturated rings. The van der Waals surface area contributed by atoms with Gasteiger partial charge in [0.15, 0.2) is 0 Å². The molecule has 1 saturated heterocycles. The van der Waals surface area contributed by atoms with Crippen LogP contribution < -0.4 is 9.47 Å². The highest BCUT2D eigenvalue weighted by Gasteiger charge is 2.27. The Bertz CT molecular complexity index is 996. The summed E-state index contributed by atoms with van der Waals surface area (Å²) in [6.07, 6.45) is 4.55. The topological polar surface area (TPSA) is 75.8 Å². The second-order valence-corrected chi connectivity index (χ2v) is 8.62. The van der Waals surface area contributed by atoms with Gasteiger partial charge in [-0.05, 0) is 32.6 Å². The van der Waals surface area contributed by atoms with Gasteiger partial charge < -0.3 is 28.4 Å². The highest BCUT2D eigenvalue weighted by molar-refractivity contribution is 5.96. The van der Waals surface area contributed by atoms with Gasteiger partial charge in [-0.2, -0.15) is 0 Å². The predicted molar refractivity (Wildman–Crippen MR) is 129 cm³/mol. The van der Waals surface area contributed by atoms with Crippen LogP contribution in [0.3, 0.4) is 0 Å². The summed E-state index contributed by atoms with van der Waals surface area (Å²) < 4.78 is 34.0. The second-order valence-electron chi connectivity index (χ2n) is 8.62. The van der Waals surface area contributed by atoms with Gasteiger partial charge in [0, 0.05) is 27.5 Å². The smallest absolute Gasteiger partial charge is 0.333 e. The molecular weight excluding hydrogens is 436 g/mol. The minimum absolute atomic E-state index is 0.209. The van der Waals surface area contributed by atoms with E-state index < -0.39 is 5.97 Å². The number of benzene rings is 2. The van der Waals surface area contributed by atoms with Crippen molar-refractivity contribution >= 4 is 16.7 Å². The molecule has 0 N–H and O–H groups in total. The van der Waals surface area contributed by atoms with Crippen molar-refractivity contribution in [3.05, 3.63) is 47.5 Å². The van der Waals surface area contributed by atoms with Crippen LogP contribution in [0.5, 0.6) is 11.5 Å². The van der Waals surface area contributed by atoms with E-state index in [0.717, 1.165) is 54.6 Å². The molecule has 0 amide bonds. The molecule has 1 atom stereocenters. The van der Waals surface area contributed by atoms with E-state index in [0.29, 0.717) is 45.2 Å². The van der Waals surface area contributed by atoms with Crippen molar-refractivity contribution in [2.24, 2.45) is 0 Å². The summed E-state index contributed by atoms with van der Waals surface area (Å²) in [6, 6.07) is 8.31. The number of carbonyl (C=O) groups is 1. The molecule has 2 aromatic rings. The Labute approximate surface area is 200 Å². The lowest BCUT2D eigenvalue weighted by molar-refractivity contribution is -0.140. The summed E-state index contributed by atoms with van der Waals surface area (Å²) >= 11 is 0. The summed E-state index contributed by atoms with van der Waals surface area (Å²) in [6.45, 7) is 8.89. The molecule has 34 heavy (non-hydrogen) atoms. The molecule has 0 aromatic heterocycles. The van der Waals surface area contributed by atoms with Gasteiger partial charge >= 0.3 is 5.97 Å². The molecule has 7 nitrogen and oxygen atoms in total. The molecule has 1 aliphatic heterocycles. The van der Waals surface area contributed by atoms with Crippen molar-refractivity contribution in [2.75, 3.05) is 52.9 Å². The third-order valence-electron chi connectivity index (χ3n) is 5.90. The minimum Gasteiger partial charge on any atom is -0.490 e. The molecule has 184 valence electrons. The van der Waals surface area contributed by atoms with E-state index in [9.17, 15) is 4.79 Å². The number of fused-ring (bicyclic) bond motifs is 2. The average molecular weight is 471 g/mol. The van der Waals surface area contributed by atoms with Crippen LogP contribution in [-0.2, 0) is 36.6 Å². The van der Waals surface area contributed by atoms with Gasteiger partial charge in [-0.3, -0.25) is 0 Å². The maximum atomic E-state index is 11.3. The van der Waals surface area contributed by atoms with Gasteiger partial charge in [-0.15, -0.1) is 0 Å². The molecule has 1 aliphatic carbocycles. The van der Waals surface area contributed by atoms with Crippen molar-refractivity contribution in [1.82, 2.24) is 0 Å². The zero-order valence-electron chi connectivity index (χ0n) is 19.9. The molecule has 1 heterocycles. The molecule has 0 bridgehead atoms. The van der Waals surface area contributed by atoms with Crippen LogP contribution in [0.15, 0.2) is 36.4 Å². The lowest BCUT2D eigenvalue weighted by Gasteiger charge is -2.25. The van der Waals surface area contributed by atoms with Crippen molar-refractivity contribution in [3.63, 3.8) is 0 Å². The molecule has 2 aromatic carbocycles. The number of ether oxygens (including phenoxy) is 6.